The van der Waals surface area contributed by atoms with Crippen LogP contribution >= 0.6 is 0 Å². The molecule has 0 saturated heterocycles. The molecular weight excluding hydrogens is 288 g/mol. The minimum absolute atomic E-state index is 0.0229. The van der Waals surface area contributed by atoms with E-state index in [9.17, 15) is 9.59 Å². The van der Waals surface area contributed by atoms with Gasteiger partial charge in [-0.3, -0.25) is 9.59 Å². The molecule has 2 aromatic carbocycles. The van der Waals surface area contributed by atoms with Gasteiger partial charge in [0.2, 0.25) is 11.8 Å². The number of rotatable bonds is 4. The molecule has 2 aromatic rings. The zero-order valence-electron chi connectivity index (χ0n) is 14.0. The van der Waals surface area contributed by atoms with Crippen molar-refractivity contribution in [2.24, 2.45) is 0 Å². The molecule has 2 amide bonds. The van der Waals surface area contributed by atoms with E-state index in [1.54, 1.807) is 11.9 Å². The van der Waals surface area contributed by atoms with Gasteiger partial charge in [0.05, 0.1) is 6.42 Å². The maximum Gasteiger partial charge on any atom is 0.228 e. The van der Waals surface area contributed by atoms with E-state index in [0.717, 1.165) is 28.1 Å². The molecule has 0 aromatic heterocycles. The standard InChI is InChI=1S/C19H22N2O2/c1-13-9-14(2)11-17(10-13)20-19(23)12-16-5-7-18(8-6-16)21(4)15(3)22/h5-11H,12H2,1-4H3,(H,20,23). The van der Waals surface area contributed by atoms with Crippen LogP contribution in [0.15, 0.2) is 42.5 Å². The number of nitrogens with one attached hydrogen (secondary N) is 1. The first-order valence-corrected chi connectivity index (χ1v) is 7.56. The van der Waals surface area contributed by atoms with Gasteiger partial charge in [-0.2, -0.15) is 0 Å². The van der Waals surface area contributed by atoms with Crippen LogP contribution in [-0.4, -0.2) is 18.9 Å². The number of benzene rings is 2. The maximum absolute atomic E-state index is 12.2. The van der Waals surface area contributed by atoms with Crippen molar-refractivity contribution in [1.29, 1.82) is 0 Å². The second-order valence-corrected chi connectivity index (χ2v) is 5.85. The van der Waals surface area contributed by atoms with Gasteiger partial charge in [-0.1, -0.05) is 18.2 Å². The van der Waals surface area contributed by atoms with Gasteiger partial charge in [-0.15, -0.1) is 0 Å². The summed E-state index contributed by atoms with van der Waals surface area (Å²) in [7, 11) is 1.73. The summed E-state index contributed by atoms with van der Waals surface area (Å²) in [6.07, 6.45) is 0.303. The largest absolute Gasteiger partial charge is 0.326 e. The van der Waals surface area contributed by atoms with Crippen molar-refractivity contribution in [3.63, 3.8) is 0 Å². The number of carbonyl (C=O) groups excluding carboxylic acids is 2. The molecule has 120 valence electrons. The maximum atomic E-state index is 12.2. The van der Waals surface area contributed by atoms with Gasteiger partial charge in [-0.25, -0.2) is 0 Å². The molecule has 0 aliphatic heterocycles. The number of aryl methyl sites for hydroxylation is 2. The SMILES string of the molecule is CC(=O)N(C)c1ccc(CC(=O)Nc2cc(C)cc(C)c2)cc1. The predicted molar refractivity (Wildman–Crippen MR) is 93.8 cm³/mol. The molecule has 0 fully saturated rings. The van der Waals surface area contributed by atoms with Crippen LogP contribution in [0.4, 0.5) is 11.4 Å². The Bertz CT molecular complexity index is 700. The summed E-state index contributed by atoms with van der Waals surface area (Å²) in [4.78, 5) is 25.1. The minimum Gasteiger partial charge on any atom is -0.326 e. The Morgan fingerprint density at radius 3 is 2.09 bits per heavy atom. The highest BCUT2D eigenvalue weighted by Crippen LogP contribution is 2.16. The van der Waals surface area contributed by atoms with Crippen LogP contribution in [0.5, 0.6) is 0 Å². The van der Waals surface area contributed by atoms with Gasteiger partial charge < -0.3 is 10.2 Å². The number of amides is 2. The average molecular weight is 310 g/mol. The zero-order valence-corrected chi connectivity index (χ0v) is 14.0. The molecule has 0 saturated carbocycles. The van der Waals surface area contributed by atoms with Gasteiger partial charge in [0.1, 0.15) is 0 Å². The second-order valence-electron chi connectivity index (χ2n) is 5.85. The molecule has 23 heavy (non-hydrogen) atoms. The first-order chi connectivity index (χ1) is 10.8. The number of anilines is 2. The Labute approximate surface area is 137 Å². The molecule has 4 heteroatoms. The number of hydrogen-bond acceptors (Lipinski definition) is 2. The van der Waals surface area contributed by atoms with Gasteiger partial charge in [-0.05, 0) is 54.8 Å². The first-order valence-electron chi connectivity index (χ1n) is 7.56. The van der Waals surface area contributed by atoms with Crippen LogP contribution < -0.4 is 10.2 Å². The lowest BCUT2D eigenvalue weighted by atomic mass is 10.1. The summed E-state index contributed by atoms with van der Waals surface area (Å²) in [5.41, 5.74) is 4.79. The first kappa shape index (κ1) is 16.7. The minimum atomic E-state index is -0.0531. The number of carbonyl (C=O) groups is 2. The Morgan fingerprint density at radius 2 is 1.57 bits per heavy atom. The molecule has 0 unspecified atom stereocenters. The Kier molecular flexibility index (Phi) is 5.16. The van der Waals surface area contributed by atoms with E-state index in [-0.39, 0.29) is 11.8 Å². The lowest BCUT2D eigenvalue weighted by Gasteiger charge is -2.15. The van der Waals surface area contributed by atoms with E-state index in [4.69, 9.17) is 0 Å². The van der Waals surface area contributed by atoms with Crippen LogP contribution in [0.3, 0.4) is 0 Å². The van der Waals surface area contributed by atoms with Crippen molar-refractivity contribution >= 4 is 23.2 Å². The third-order valence-electron chi connectivity index (χ3n) is 3.67. The van der Waals surface area contributed by atoms with Gasteiger partial charge in [0.15, 0.2) is 0 Å². The van der Waals surface area contributed by atoms with E-state index in [2.05, 4.69) is 11.4 Å². The Hall–Kier alpha value is -2.62. The fourth-order valence-corrected chi connectivity index (χ4v) is 2.46. The van der Waals surface area contributed by atoms with E-state index >= 15 is 0 Å². The van der Waals surface area contributed by atoms with Crippen molar-refractivity contribution < 1.29 is 9.59 Å². The van der Waals surface area contributed by atoms with Crippen molar-refractivity contribution in [1.82, 2.24) is 0 Å². The highest BCUT2D eigenvalue weighted by molar-refractivity contribution is 5.93. The van der Waals surface area contributed by atoms with Gasteiger partial charge >= 0.3 is 0 Å². The molecule has 0 heterocycles. The van der Waals surface area contributed by atoms with E-state index in [1.165, 1.54) is 6.92 Å². The van der Waals surface area contributed by atoms with Crippen LogP contribution in [0, 0.1) is 13.8 Å². The molecule has 1 N–H and O–H groups in total. The highest BCUT2D eigenvalue weighted by atomic mass is 16.2. The molecule has 0 radical (unpaired) electrons. The topological polar surface area (TPSA) is 49.4 Å². The van der Waals surface area contributed by atoms with Crippen molar-refractivity contribution in [2.45, 2.75) is 27.2 Å². The quantitative estimate of drug-likeness (QED) is 0.940. The van der Waals surface area contributed by atoms with E-state index in [1.807, 2.05) is 50.2 Å². The molecule has 0 atom stereocenters. The predicted octanol–water partition coefficient (Wildman–Crippen LogP) is 3.47. The van der Waals surface area contributed by atoms with Gasteiger partial charge in [0, 0.05) is 25.3 Å². The third-order valence-corrected chi connectivity index (χ3v) is 3.67. The summed E-state index contributed by atoms with van der Waals surface area (Å²) in [6.45, 7) is 5.53. The smallest absolute Gasteiger partial charge is 0.228 e. The van der Waals surface area contributed by atoms with Crippen LogP contribution in [-0.2, 0) is 16.0 Å². The summed E-state index contributed by atoms with van der Waals surface area (Å²) in [6, 6.07) is 13.4. The van der Waals surface area contributed by atoms with Crippen molar-refractivity contribution in [2.75, 3.05) is 17.3 Å². The van der Waals surface area contributed by atoms with E-state index in [0.29, 0.717) is 6.42 Å². The highest BCUT2D eigenvalue weighted by Gasteiger charge is 2.08. The van der Waals surface area contributed by atoms with E-state index < -0.39 is 0 Å². The molecular formula is C19H22N2O2. The molecule has 0 aliphatic rings. The third kappa shape index (κ3) is 4.68. The molecule has 2 rings (SSSR count). The van der Waals surface area contributed by atoms with Crippen molar-refractivity contribution in [3.05, 3.63) is 59.2 Å². The normalized spacial score (nSPS) is 10.3. The average Bonchev–Trinajstić information content (AvgIpc) is 2.45. The fourth-order valence-electron chi connectivity index (χ4n) is 2.46. The molecule has 4 nitrogen and oxygen atoms in total. The summed E-state index contributed by atoms with van der Waals surface area (Å²) < 4.78 is 0. The second kappa shape index (κ2) is 7.09. The molecule has 0 bridgehead atoms. The van der Waals surface area contributed by atoms with Crippen molar-refractivity contribution in [3.8, 4) is 0 Å². The Morgan fingerprint density at radius 1 is 1.00 bits per heavy atom. The monoisotopic (exact) mass is 310 g/mol. The number of nitrogens with zero attached hydrogens (tertiary/aromatic N) is 1. The van der Waals surface area contributed by atoms with Crippen LogP contribution in [0.1, 0.15) is 23.6 Å². The molecule has 0 spiro atoms. The zero-order chi connectivity index (χ0) is 17.0. The van der Waals surface area contributed by atoms with Crippen LogP contribution in [0.25, 0.3) is 0 Å². The summed E-state index contributed by atoms with van der Waals surface area (Å²) in [5.74, 6) is -0.0759. The molecule has 0 aliphatic carbocycles. The number of hydrogen-bond donors (Lipinski definition) is 1. The summed E-state index contributed by atoms with van der Waals surface area (Å²) in [5, 5.41) is 2.92. The lowest BCUT2D eigenvalue weighted by molar-refractivity contribution is -0.116. The lowest BCUT2D eigenvalue weighted by Crippen LogP contribution is -2.22. The van der Waals surface area contributed by atoms with Crippen LogP contribution in [0.2, 0.25) is 0 Å². The fraction of sp³-hybridized carbons (Fsp3) is 0.263. The Balaban J connectivity index is 2.01. The van der Waals surface area contributed by atoms with Gasteiger partial charge in [0.25, 0.3) is 0 Å². The summed E-state index contributed by atoms with van der Waals surface area (Å²) >= 11 is 0.